The van der Waals surface area contributed by atoms with Crippen LogP contribution in [0.25, 0.3) is 0 Å². The highest BCUT2D eigenvalue weighted by atomic mass is 16.5. The minimum Gasteiger partial charge on any atom is -0.466 e. The number of hydrogen-bond acceptors (Lipinski definition) is 4. The predicted octanol–water partition coefficient (Wildman–Crippen LogP) is 4.35. The summed E-state index contributed by atoms with van der Waals surface area (Å²) in [5.74, 6) is -0.0233. The van der Waals surface area contributed by atoms with Crippen molar-refractivity contribution in [3.8, 4) is 0 Å². The molecule has 0 amide bonds. The van der Waals surface area contributed by atoms with Crippen LogP contribution in [0.1, 0.15) is 57.9 Å². The Morgan fingerprint density at radius 1 is 1.04 bits per heavy atom. The fourth-order valence-electron chi connectivity index (χ4n) is 3.13. The number of unbranched alkanes of at least 4 members (excludes halogenated alkanes) is 2. The molecule has 0 heterocycles. The van der Waals surface area contributed by atoms with Crippen LogP contribution in [-0.2, 0) is 25.5 Å². The van der Waals surface area contributed by atoms with E-state index in [1.165, 1.54) is 5.56 Å². The van der Waals surface area contributed by atoms with Gasteiger partial charge in [-0.2, -0.15) is 0 Å². The number of benzene rings is 1. The molecule has 0 N–H and O–H groups in total. The Morgan fingerprint density at radius 3 is 2.36 bits per heavy atom. The van der Waals surface area contributed by atoms with Crippen molar-refractivity contribution in [3.63, 3.8) is 0 Å². The van der Waals surface area contributed by atoms with Gasteiger partial charge in [-0.1, -0.05) is 43.2 Å². The van der Waals surface area contributed by atoms with Crippen LogP contribution in [0.2, 0.25) is 0 Å². The highest BCUT2D eigenvalue weighted by molar-refractivity contribution is 5.78. The standard InChI is InChI=1S/C21H32O4/c1-4-25-21(23)14-10-6-9-13-19(17(2)22)20(24-3)16-15-18-11-7-5-8-12-18/h5,7-8,11-12,19-20H,4,6,9-10,13-16H2,1-3H3. The van der Waals surface area contributed by atoms with Gasteiger partial charge in [0.15, 0.2) is 0 Å². The van der Waals surface area contributed by atoms with Crippen LogP contribution in [0, 0.1) is 5.92 Å². The minimum atomic E-state index is -0.136. The van der Waals surface area contributed by atoms with Gasteiger partial charge in [0.2, 0.25) is 0 Å². The molecule has 2 atom stereocenters. The first-order valence-corrected chi connectivity index (χ1v) is 9.31. The lowest BCUT2D eigenvalue weighted by Gasteiger charge is -2.24. The van der Waals surface area contributed by atoms with Gasteiger partial charge in [-0.15, -0.1) is 0 Å². The Bertz CT molecular complexity index is 498. The first-order chi connectivity index (χ1) is 12.1. The highest BCUT2D eigenvalue weighted by Crippen LogP contribution is 2.22. The lowest BCUT2D eigenvalue weighted by atomic mass is 9.88. The summed E-state index contributed by atoms with van der Waals surface area (Å²) in [5, 5.41) is 0. The van der Waals surface area contributed by atoms with Crippen molar-refractivity contribution in [1.29, 1.82) is 0 Å². The van der Waals surface area contributed by atoms with E-state index in [0.29, 0.717) is 13.0 Å². The van der Waals surface area contributed by atoms with Gasteiger partial charge in [-0.3, -0.25) is 9.59 Å². The van der Waals surface area contributed by atoms with E-state index in [1.54, 1.807) is 14.0 Å². The van der Waals surface area contributed by atoms with Crippen molar-refractivity contribution >= 4 is 11.8 Å². The Hall–Kier alpha value is -1.68. The summed E-state index contributed by atoms with van der Waals surface area (Å²) in [5.41, 5.74) is 1.27. The van der Waals surface area contributed by atoms with Gasteiger partial charge in [0.05, 0.1) is 12.7 Å². The fraction of sp³-hybridized carbons (Fsp3) is 0.619. The molecule has 140 valence electrons. The van der Waals surface area contributed by atoms with E-state index >= 15 is 0 Å². The lowest BCUT2D eigenvalue weighted by Crippen LogP contribution is -2.29. The second-order valence-electron chi connectivity index (χ2n) is 6.42. The maximum Gasteiger partial charge on any atom is 0.305 e. The molecule has 0 radical (unpaired) electrons. The predicted molar refractivity (Wildman–Crippen MR) is 99.4 cm³/mol. The topological polar surface area (TPSA) is 52.6 Å². The van der Waals surface area contributed by atoms with Gasteiger partial charge in [-0.25, -0.2) is 0 Å². The Labute approximate surface area is 151 Å². The average Bonchev–Trinajstić information content (AvgIpc) is 2.60. The average molecular weight is 348 g/mol. The van der Waals surface area contributed by atoms with Crippen LogP contribution in [0.3, 0.4) is 0 Å². The number of esters is 1. The molecular formula is C21H32O4. The molecule has 1 aromatic carbocycles. The van der Waals surface area contributed by atoms with E-state index in [-0.39, 0.29) is 23.8 Å². The van der Waals surface area contributed by atoms with Crippen LogP contribution in [0.4, 0.5) is 0 Å². The third-order valence-corrected chi connectivity index (χ3v) is 4.54. The molecule has 0 aliphatic carbocycles. The van der Waals surface area contributed by atoms with E-state index < -0.39 is 0 Å². The number of rotatable bonds is 13. The number of hydrogen-bond donors (Lipinski definition) is 0. The molecule has 0 saturated heterocycles. The van der Waals surface area contributed by atoms with Gasteiger partial charge < -0.3 is 9.47 Å². The van der Waals surface area contributed by atoms with Crippen LogP contribution in [0.15, 0.2) is 30.3 Å². The van der Waals surface area contributed by atoms with Crippen molar-refractivity contribution in [3.05, 3.63) is 35.9 Å². The first-order valence-electron chi connectivity index (χ1n) is 9.31. The summed E-state index contributed by atoms with van der Waals surface area (Å²) >= 11 is 0. The molecule has 1 rings (SSSR count). The molecule has 4 nitrogen and oxygen atoms in total. The molecule has 0 aromatic heterocycles. The number of carbonyl (C=O) groups excluding carboxylic acids is 2. The number of aryl methyl sites for hydroxylation is 1. The molecule has 2 unspecified atom stereocenters. The molecule has 0 saturated carbocycles. The smallest absolute Gasteiger partial charge is 0.305 e. The summed E-state index contributed by atoms with van der Waals surface area (Å²) in [6.45, 7) is 3.90. The summed E-state index contributed by atoms with van der Waals surface area (Å²) in [6, 6.07) is 10.3. The van der Waals surface area contributed by atoms with E-state index in [4.69, 9.17) is 9.47 Å². The van der Waals surface area contributed by atoms with Crippen molar-refractivity contribution in [2.45, 2.75) is 64.9 Å². The van der Waals surface area contributed by atoms with Gasteiger partial charge in [0.1, 0.15) is 5.78 Å². The molecule has 0 bridgehead atoms. The zero-order valence-electron chi connectivity index (χ0n) is 15.8. The van der Waals surface area contributed by atoms with Gasteiger partial charge >= 0.3 is 5.97 Å². The maximum absolute atomic E-state index is 12.1. The fourth-order valence-corrected chi connectivity index (χ4v) is 3.13. The summed E-state index contributed by atoms with van der Waals surface area (Å²) < 4.78 is 10.6. The number of methoxy groups -OCH3 is 1. The second kappa shape index (κ2) is 12.6. The molecule has 1 aromatic rings. The molecule has 0 aliphatic rings. The molecule has 0 spiro atoms. The molecular weight excluding hydrogens is 316 g/mol. The monoisotopic (exact) mass is 348 g/mol. The maximum atomic E-state index is 12.1. The normalized spacial score (nSPS) is 13.2. The van der Waals surface area contributed by atoms with Crippen LogP contribution >= 0.6 is 0 Å². The Balaban J connectivity index is 2.39. The molecule has 0 fully saturated rings. The van der Waals surface area contributed by atoms with Crippen LogP contribution < -0.4 is 0 Å². The lowest BCUT2D eigenvalue weighted by molar-refractivity contribution is -0.143. The molecule has 25 heavy (non-hydrogen) atoms. The third kappa shape index (κ3) is 8.82. The Kier molecular flexibility index (Phi) is 10.8. The zero-order chi connectivity index (χ0) is 18.5. The number of Topliss-reactive ketones (excluding diaryl/α,β-unsaturated/α-hetero) is 1. The van der Waals surface area contributed by atoms with E-state index in [1.807, 2.05) is 25.1 Å². The van der Waals surface area contributed by atoms with Crippen LogP contribution in [-0.4, -0.2) is 31.6 Å². The minimum absolute atomic E-state index is 0.0530. The first kappa shape index (κ1) is 21.4. The van der Waals surface area contributed by atoms with Crippen molar-refractivity contribution in [1.82, 2.24) is 0 Å². The van der Waals surface area contributed by atoms with Gasteiger partial charge in [0, 0.05) is 19.4 Å². The third-order valence-electron chi connectivity index (χ3n) is 4.54. The zero-order valence-corrected chi connectivity index (χ0v) is 15.8. The van der Waals surface area contributed by atoms with Crippen molar-refractivity contribution < 1.29 is 19.1 Å². The van der Waals surface area contributed by atoms with E-state index in [0.717, 1.165) is 38.5 Å². The summed E-state index contributed by atoms with van der Waals surface area (Å²) in [6.07, 6.45) is 5.63. The SMILES string of the molecule is CCOC(=O)CCCCCC(C(C)=O)C(CCc1ccccc1)OC. The van der Waals surface area contributed by atoms with E-state index in [2.05, 4.69) is 12.1 Å². The summed E-state index contributed by atoms with van der Waals surface area (Å²) in [4.78, 5) is 23.4. The number of carbonyl (C=O) groups is 2. The van der Waals surface area contributed by atoms with Crippen molar-refractivity contribution in [2.75, 3.05) is 13.7 Å². The highest BCUT2D eigenvalue weighted by Gasteiger charge is 2.24. The van der Waals surface area contributed by atoms with E-state index in [9.17, 15) is 9.59 Å². The quantitative estimate of drug-likeness (QED) is 0.393. The number of ketones is 1. The van der Waals surface area contributed by atoms with Gasteiger partial charge in [0.25, 0.3) is 0 Å². The largest absolute Gasteiger partial charge is 0.466 e. The molecule has 0 aliphatic heterocycles. The van der Waals surface area contributed by atoms with Gasteiger partial charge in [-0.05, 0) is 45.1 Å². The molecule has 4 heteroatoms. The number of ether oxygens (including phenoxy) is 2. The van der Waals surface area contributed by atoms with Crippen LogP contribution in [0.5, 0.6) is 0 Å². The second-order valence-corrected chi connectivity index (χ2v) is 6.42. The Morgan fingerprint density at radius 2 is 1.76 bits per heavy atom. The summed E-state index contributed by atoms with van der Waals surface area (Å²) in [7, 11) is 1.69. The van der Waals surface area contributed by atoms with Crippen molar-refractivity contribution in [2.24, 2.45) is 5.92 Å².